The van der Waals surface area contributed by atoms with Gasteiger partial charge in [-0.25, -0.2) is 4.79 Å². The molecule has 1 aromatic carbocycles. The van der Waals surface area contributed by atoms with E-state index in [1.165, 1.54) is 24.8 Å². The minimum Gasteiger partial charge on any atom is -0.336 e. The molecule has 1 saturated carbocycles. The lowest BCUT2D eigenvalue weighted by atomic mass is 9.77. The van der Waals surface area contributed by atoms with Gasteiger partial charge < -0.3 is 10.6 Å². The van der Waals surface area contributed by atoms with Crippen LogP contribution in [0.25, 0.3) is 0 Å². The minimum absolute atomic E-state index is 0.0641. The molecule has 0 spiro atoms. The Hall–Kier alpha value is -1.51. The number of carbonyl (C=O) groups is 1. The third kappa shape index (κ3) is 3.25. The maximum atomic E-state index is 11.9. The van der Waals surface area contributed by atoms with Crippen LogP contribution in [0.2, 0.25) is 0 Å². The van der Waals surface area contributed by atoms with Crippen molar-refractivity contribution >= 4 is 6.03 Å². The van der Waals surface area contributed by atoms with Crippen LogP contribution < -0.4 is 10.6 Å². The van der Waals surface area contributed by atoms with Gasteiger partial charge in [-0.05, 0) is 38.2 Å². The molecule has 0 radical (unpaired) electrons. The molecule has 1 unspecified atom stereocenters. The van der Waals surface area contributed by atoms with Crippen molar-refractivity contribution in [3.63, 3.8) is 0 Å². The molecule has 1 atom stereocenters. The van der Waals surface area contributed by atoms with Crippen LogP contribution in [-0.4, -0.2) is 12.1 Å². The highest BCUT2D eigenvalue weighted by atomic mass is 16.2. The van der Waals surface area contributed by atoms with Crippen LogP contribution in [0.4, 0.5) is 4.79 Å². The SMILES string of the molecule is CC(C)NC(=O)NC(c1ccccc1)C1CCC1. The van der Waals surface area contributed by atoms with Gasteiger partial charge in [0, 0.05) is 6.04 Å². The lowest BCUT2D eigenvalue weighted by Gasteiger charge is -2.34. The van der Waals surface area contributed by atoms with Crippen molar-refractivity contribution in [2.24, 2.45) is 5.92 Å². The maximum Gasteiger partial charge on any atom is 0.315 e. The van der Waals surface area contributed by atoms with Crippen molar-refractivity contribution in [1.29, 1.82) is 0 Å². The van der Waals surface area contributed by atoms with Crippen molar-refractivity contribution in [1.82, 2.24) is 10.6 Å². The van der Waals surface area contributed by atoms with Crippen LogP contribution in [-0.2, 0) is 0 Å². The quantitative estimate of drug-likeness (QED) is 0.841. The van der Waals surface area contributed by atoms with Crippen LogP contribution in [0.3, 0.4) is 0 Å². The molecule has 2 N–H and O–H groups in total. The molecule has 1 aliphatic carbocycles. The number of amides is 2. The summed E-state index contributed by atoms with van der Waals surface area (Å²) >= 11 is 0. The standard InChI is InChI=1S/C15H22N2O/c1-11(2)16-15(18)17-14(13-9-6-10-13)12-7-4-3-5-8-12/h3-5,7-8,11,13-14H,6,9-10H2,1-2H3,(H2,16,17,18). The van der Waals surface area contributed by atoms with E-state index in [1.54, 1.807) is 0 Å². The maximum absolute atomic E-state index is 11.9. The summed E-state index contributed by atoms with van der Waals surface area (Å²) in [4.78, 5) is 11.9. The number of rotatable bonds is 4. The molecule has 0 heterocycles. The summed E-state index contributed by atoms with van der Waals surface area (Å²) in [6, 6.07) is 10.5. The average molecular weight is 246 g/mol. The first-order chi connectivity index (χ1) is 8.66. The first kappa shape index (κ1) is 12.9. The monoisotopic (exact) mass is 246 g/mol. The third-order valence-corrected chi connectivity index (χ3v) is 3.49. The molecule has 0 aromatic heterocycles. The zero-order chi connectivity index (χ0) is 13.0. The van der Waals surface area contributed by atoms with Gasteiger partial charge >= 0.3 is 6.03 Å². The largest absolute Gasteiger partial charge is 0.336 e. The molecule has 0 aliphatic heterocycles. The Morgan fingerprint density at radius 2 is 1.83 bits per heavy atom. The van der Waals surface area contributed by atoms with Gasteiger partial charge in [0.1, 0.15) is 0 Å². The molecule has 0 saturated heterocycles. The normalized spacial score (nSPS) is 17.1. The molecule has 3 heteroatoms. The molecule has 0 bridgehead atoms. The molecule has 1 fully saturated rings. The highest BCUT2D eigenvalue weighted by Gasteiger charge is 2.29. The van der Waals surface area contributed by atoms with Gasteiger partial charge in [0.15, 0.2) is 0 Å². The molecule has 2 amide bonds. The van der Waals surface area contributed by atoms with E-state index >= 15 is 0 Å². The second kappa shape index (κ2) is 5.89. The minimum atomic E-state index is -0.0641. The van der Waals surface area contributed by atoms with E-state index in [4.69, 9.17) is 0 Å². The Bertz CT molecular complexity index is 385. The number of nitrogens with one attached hydrogen (secondary N) is 2. The van der Waals surface area contributed by atoms with E-state index in [9.17, 15) is 4.79 Å². The summed E-state index contributed by atoms with van der Waals surface area (Å²) in [5.41, 5.74) is 1.21. The van der Waals surface area contributed by atoms with Crippen molar-refractivity contribution < 1.29 is 4.79 Å². The van der Waals surface area contributed by atoms with E-state index in [1.807, 2.05) is 32.0 Å². The van der Waals surface area contributed by atoms with Gasteiger partial charge in [-0.2, -0.15) is 0 Å². The Balaban J connectivity index is 2.04. The smallest absolute Gasteiger partial charge is 0.315 e. The third-order valence-electron chi connectivity index (χ3n) is 3.49. The lowest BCUT2D eigenvalue weighted by Crippen LogP contribution is -2.44. The number of urea groups is 1. The summed E-state index contributed by atoms with van der Waals surface area (Å²) in [5, 5.41) is 6.01. The van der Waals surface area contributed by atoms with Crippen LogP contribution in [0, 0.1) is 5.92 Å². The van der Waals surface area contributed by atoms with Crippen molar-refractivity contribution in [3.8, 4) is 0 Å². The van der Waals surface area contributed by atoms with Gasteiger partial charge in [0.25, 0.3) is 0 Å². The van der Waals surface area contributed by atoms with Crippen molar-refractivity contribution in [2.75, 3.05) is 0 Å². The van der Waals surface area contributed by atoms with Gasteiger partial charge in [-0.15, -0.1) is 0 Å². The van der Waals surface area contributed by atoms with Gasteiger partial charge in [0.05, 0.1) is 6.04 Å². The van der Waals surface area contributed by atoms with Crippen molar-refractivity contribution in [2.45, 2.75) is 45.2 Å². The lowest BCUT2D eigenvalue weighted by molar-refractivity contribution is 0.206. The average Bonchev–Trinajstić information content (AvgIpc) is 2.26. The van der Waals surface area contributed by atoms with Crippen LogP contribution >= 0.6 is 0 Å². The second-order valence-corrected chi connectivity index (χ2v) is 5.35. The van der Waals surface area contributed by atoms with Crippen LogP contribution in [0.5, 0.6) is 0 Å². The highest BCUT2D eigenvalue weighted by Crippen LogP contribution is 2.37. The molecule has 3 nitrogen and oxygen atoms in total. The van der Waals surface area contributed by atoms with E-state index in [-0.39, 0.29) is 18.1 Å². The fourth-order valence-corrected chi connectivity index (χ4v) is 2.35. The molecule has 2 rings (SSSR count). The second-order valence-electron chi connectivity index (χ2n) is 5.35. The molecular formula is C15H22N2O. The molecule has 18 heavy (non-hydrogen) atoms. The van der Waals surface area contributed by atoms with E-state index in [2.05, 4.69) is 22.8 Å². The Morgan fingerprint density at radius 1 is 1.17 bits per heavy atom. The first-order valence-electron chi connectivity index (χ1n) is 6.79. The zero-order valence-electron chi connectivity index (χ0n) is 11.1. The molecular weight excluding hydrogens is 224 g/mol. The van der Waals surface area contributed by atoms with E-state index in [0.29, 0.717) is 5.92 Å². The summed E-state index contributed by atoms with van der Waals surface area (Å²) in [7, 11) is 0. The fourth-order valence-electron chi connectivity index (χ4n) is 2.35. The van der Waals surface area contributed by atoms with Crippen LogP contribution in [0.1, 0.15) is 44.7 Å². The van der Waals surface area contributed by atoms with Gasteiger partial charge in [0.2, 0.25) is 0 Å². The molecule has 1 aliphatic rings. The fraction of sp³-hybridized carbons (Fsp3) is 0.533. The first-order valence-corrected chi connectivity index (χ1v) is 6.79. The van der Waals surface area contributed by atoms with E-state index < -0.39 is 0 Å². The Kier molecular flexibility index (Phi) is 4.24. The predicted octanol–water partition coefficient (Wildman–Crippen LogP) is 3.24. The predicted molar refractivity (Wildman–Crippen MR) is 73.3 cm³/mol. The van der Waals surface area contributed by atoms with Gasteiger partial charge in [-0.1, -0.05) is 36.8 Å². The zero-order valence-corrected chi connectivity index (χ0v) is 11.1. The van der Waals surface area contributed by atoms with E-state index in [0.717, 1.165) is 0 Å². The number of hydrogen-bond acceptors (Lipinski definition) is 1. The Morgan fingerprint density at radius 3 is 2.33 bits per heavy atom. The van der Waals surface area contributed by atoms with Gasteiger partial charge in [-0.3, -0.25) is 0 Å². The highest BCUT2D eigenvalue weighted by molar-refractivity contribution is 5.74. The Labute approximate surface area is 109 Å². The summed E-state index contributed by atoms with van der Waals surface area (Å²) in [6.45, 7) is 3.95. The number of benzene rings is 1. The molecule has 1 aromatic rings. The number of carbonyl (C=O) groups excluding carboxylic acids is 1. The van der Waals surface area contributed by atoms with Crippen molar-refractivity contribution in [3.05, 3.63) is 35.9 Å². The van der Waals surface area contributed by atoms with Crippen LogP contribution in [0.15, 0.2) is 30.3 Å². The summed E-state index contributed by atoms with van der Waals surface area (Å²) < 4.78 is 0. The topological polar surface area (TPSA) is 41.1 Å². The summed E-state index contributed by atoms with van der Waals surface area (Å²) in [5.74, 6) is 0.588. The summed E-state index contributed by atoms with van der Waals surface area (Å²) in [6.07, 6.45) is 3.70. The number of hydrogen-bond donors (Lipinski definition) is 2. The molecule has 98 valence electrons.